The Balaban J connectivity index is 1.51. The molecule has 0 aliphatic heterocycles. The molecule has 8 heteroatoms. The van der Waals surface area contributed by atoms with Gasteiger partial charge in [-0.25, -0.2) is 4.68 Å². The van der Waals surface area contributed by atoms with E-state index in [2.05, 4.69) is 15.6 Å². The van der Waals surface area contributed by atoms with Gasteiger partial charge >= 0.3 is 0 Å². The SMILES string of the molecule is CC(C(=O)Nc1cc(-c2cccs2)no1)n1nc(C2CC2)ccc1=O. The van der Waals surface area contributed by atoms with Crippen molar-refractivity contribution in [3.05, 3.63) is 51.8 Å². The number of carbonyl (C=O) groups is 1. The molecule has 7 nitrogen and oxygen atoms in total. The minimum Gasteiger partial charge on any atom is -0.338 e. The Morgan fingerprint density at radius 1 is 1.40 bits per heavy atom. The van der Waals surface area contributed by atoms with E-state index in [-0.39, 0.29) is 17.4 Å². The van der Waals surface area contributed by atoms with Gasteiger partial charge in [0, 0.05) is 18.1 Å². The highest BCUT2D eigenvalue weighted by Gasteiger charge is 2.27. The number of thiophene rings is 1. The van der Waals surface area contributed by atoms with E-state index in [1.54, 1.807) is 19.1 Å². The first kappa shape index (κ1) is 15.8. The van der Waals surface area contributed by atoms with Gasteiger partial charge in [0.05, 0.1) is 10.6 Å². The molecule has 3 heterocycles. The summed E-state index contributed by atoms with van der Waals surface area (Å²) in [4.78, 5) is 25.5. The van der Waals surface area contributed by atoms with Gasteiger partial charge in [-0.05, 0) is 37.3 Å². The largest absolute Gasteiger partial charge is 0.338 e. The number of hydrogen-bond acceptors (Lipinski definition) is 6. The van der Waals surface area contributed by atoms with Crippen molar-refractivity contribution in [2.24, 2.45) is 0 Å². The van der Waals surface area contributed by atoms with Gasteiger partial charge in [-0.1, -0.05) is 11.2 Å². The number of nitrogens with one attached hydrogen (secondary N) is 1. The number of hydrogen-bond donors (Lipinski definition) is 1. The van der Waals surface area contributed by atoms with Crippen LogP contribution in [-0.2, 0) is 4.79 Å². The van der Waals surface area contributed by atoms with E-state index in [4.69, 9.17) is 4.52 Å². The standard InChI is InChI=1S/C17H16N4O3S/c1-10(21-16(22)7-6-12(19-21)11-4-5-11)17(23)18-15-9-13(20-24-15)14-3-2-8-25-14/h2-3,6-11H,4-5H2,1H3,(H,18,23). The Bertz CT molecular complexity index is 956. The maximum absolute atomic E-state index is 12.5. The fourth-order valence-corrected chi connectivity index (χ4v) is 3.20. The van der Waals surface area contributed by atoms with Crippen molar-refractivity contribution in [3.8, 4) is 10.6 Å². The quantitative estimate of drug-likeness (QED) is 0.759. The molecule has 1 fully saturated rings. The Labute approximate surface area is 147 Å². The van der Waals surface area contributed by atoms with Crippen molar-refractivity contribution >= 4 is 23.1 Å². The topological polar surface area (TPSA) is 90.0 Å². The lowest BCUT2D eigenvalue weighted by Crippen LogP contribution is -2.33. The Morgan fingerprint density at radius 2 is 2.24 bits per heavy atom. The zero-order valence-electron chi connectivity index (χ0n) is 13.5. The summed E-state index contributed by atoms with van der Waals surface area (Å²) in [6.07, 6.45) is 2.16. The molecule has 1 amide bonds. The van der Waals surface area contributed by atoms with Crippen molar-refractivity contribution in [2.75, 3.05) is 5.32 Å². The summed E-state index contributed by atoms with van der Waals surface area (Å²) in [6.45, 7) is 1.64. The summed E-state index contributed by atoms with van der Waals surface area (Å²) in [6, 6.07) is 7.96. The lowest BCUT2D eigenvalue weighted by atomic mass is 10.2. The molecule has 0 saturated heterocycles. The second-order valence-electron chi connectivity index (χ2n) is 6.03. The van der Waals surface area contributed by atoms with Crippen LogP contribution in [0, 0.1) is 0 Å². The van der Waals surface area contributed by atoms with Crippen LogP contribution in [0.1, 0.15) is 37.4 Å². The zero-order valence-corrected chi connectivity index (χ0v) is 14.3. The first-order chi connectivity index (χ1) is 12.1. The fourth-order valence-electron chi connectivity index (χ4n) is 2.53. The molecule has 1 aliphatic carbocycles. The smallest absolute Gasteiger partial charge is 0.267 e. The molecule has 0 spiro atoms. The van der Waals surface area contributed by atoms with Gasteiger partial charge in [0.1, 0.15) is 11.7 Å². The third-order valence-corrected chi connectivity index (χ3v) is 5.01. The normalized spacial score (nSPS) is 15.1. The van der Waals surface area contributed by atoms with Gasteiger partial charge in [-0.2, -0.15) is 5.10 Å². The van der Waals surface area contributed by atoms with Gasteiger partial charge in [0.15, 0.2) is 0 Å². The first-order valence-corrected chi connectivity index (χ1v) is 8.91. The molecule has 1 atom stereocenters. The Morgan fingerprint density at radius 3 is 2.96 bits per heavy atom. The third kappa shape index (κ3) is 3.25. The van der Waals surface area contributed by atoms with Gasteiger partial charge in [0.2, 0.25) is 5.88 Å². The molecule has 0 radical (unpaired) electrons. The van der Waals surface area contributed by atoms with Crippen LogP contribution in [0.3, 0.4) is 0 Å². The Kier molecular flexibility index (Phi) is 3.96. The van der Waals surface area contributed by atoms with Crippen molar-refractivity contribution < 1.29 is 9.32 Å². The predicted molar refractivity (Wildman–Crippen MR) is 93.6 cm³/mol. The fraction of sp³-hybridized carbons (Fsp3) is 0.294. The summed E-state index contributed by atoms with van der Waals surface area (Å²) >= 11 is 1.53. The summed E-state index contributed by atoms with van der Waals surface area (Å²) < 4.78 is 6.39. The lowest BCUT2D eigenvalue weighted by molar-refractivity contribution is -0.119. The number of nitrogens with zero attached hydrogens (tertiary/aromatic N) is 3. The molecule has 4 rings (SSSR count). The molecule has 0 aromatic carbocycles. The van der Waals surface area contributed by atoms with Crippen molar-refractivity contribution in [3.63, 3.8) is 0 Å². The van der Waals surface area contributed by atoms with E-state index < -0.39 is 6.04 Å². The molecule has 1 aliphatic rings. The number of amides is 1. The van der Waals surface area contributed by atoms with E-state index in [1.165, 1.54) is 22.1 Å². The van der Waals surface area contributed by atoms with E-state index in [0.717, 1.165) is 23.4 Å². The van der Waals surface area contributed by atoms with Crippen molar-refractivity contribution in [1.82, 2.24) is 14.9 Å². The average molecular weight is 356 g/mol. The van der Waals surface area contributed by atoms with Gasteiger partial charge in [-0.15, -0.1) is 11.3 Å². The number of aromatic nitrogens is 3. The maximum atomic E-state index is 12.5. The van der Waals surface area contributed by atoms with Crippen LogP contribution in [-0.4, -0.2) is 20.8 Å². The highest BCUT2D eigenvalue weighted by Crippen LogP contribution is 2.38. The van der Waals surface area contributed by atoms with Crippen LogP contribution in [0.15, 0.2) is 45.0 Å². The van der Waals surface area contributed by atoms with E-state index in [9.17, 15) is 9.59 Å². The predicted octanol–water partition coefficient (Wildman–Crippen LogP) is 3.04. The molecule has 128 valence electrons. The maximum Gasteiger partial charge on any atom is 0.267 e. The second-order valence-corrected chi connectivity index (χ2v) is 6.98. The summed E-state index contributed by atoms with van der Waals surface area (Å²) in [5.41, 5.74) is 1.21. The van der Waals surface area contributed by atoms with Crippen LogP contribution in [0.4, 0.5) is 5.88 Å². The van der Waals surface area contributed by atoms with E-state index in [0.29, 0.717) is 11.6 Å². The molecular weight excluding hydrogens is 340 g/mol. The van der Waals surface area contributed by atoms with Crippen LogP contribution in [0.2, 0.25) is 0 Å². The molecule has 1 saturated carbocycles. The average Bonchev–Trinajstić information content (AvgIpc) is 3.11. The lowest BCUT2D eigenvalue weighted by Gasteiger charge is -2.13. The number of anilines is 1. The van der Waals surface area contributed by atoms with Crippen LogP contribution < -0.4 is 10.9 Å². The van der Waals surface area contributed by atoms with Gasteiger partial charge in [-0.3, -0.25) is 14.9 Å². The zero-order chi connectivity index (χ0) is 17.4. The summed E-state index contributed by atoms with van der Waals surface area (Å²) in [7, 11) is 0. The minimum atomic E-state index is -0.749. The molecule has 25 heavy (non-hydrogen) atoms. The number of carbonyl (C=O) groups excluding carboxylic acids is 1. The Hall–Kier alpha value is -2.74. The number of rotatable bonds is 5. The third-order valence-electron chi connectivity index (χ3n) is 4.12. The van der Waals surface area contributed by atoms with Crippen molar-refractivity contribution in [1.29, 1.82) is 0 Å². The van der Waals surface area contributed by atoms with Crippen molar-refractivity contribution in [2.45, 2.75) is 31.7 Å². The molecular formula is C17H16N4O3S. The molecule has 1 N–H and O–H groups in total. The monoisotopic (exact) mass is 356 g/mol. The van der Waals surface area contributed by atoms with Crippen LogP contribution in [0.25, 0.3) is 10.6 Å². The van der Waals surface area contributed by atoms with E-state index >= 15 is 0 Å². The minimum absolute atomic E-state index is 0.242. The highest BCUT2D eigenvalue weighted by atomic mass is 32.1. The van der Waals surface area contributed by atoms with Gasteiger partial charge < -0.3 is 4.52 Å². The van der Waals surface area contributed by atoms with Gasteiger partial charge in [0.25, 0.3) is 11.5 Å². The molecule has 0 bridgehead atoms. The summed E-state index contributed by atoms with van der Waals surface area (Å²) in [5, 5.41) is 12.9. The molecule has 1 unspecified atom stereocenters. The second kappa shape index (κ2) is 6.29. The summed E-state index contributed by atoms with van der Waals surface area (Å²) in [5.74, 6) is 0.271. The van der Waals surface area contributed by atoms with Crippen LogP contribution >= 0.6 is 11.3 Å². The highest BCUT2D eigenvalue weighted by molar-refractivity contribution is 7.13. The molecule has 3 aromatic heterocycles. The molecule has 3 aromatic rings. The van der Waals surface area contributed by atoms with Crippen LogP contribution in [0.5, 0.6) is 0 Å². The first-order valence-electron chi connectivity index (χ1n) is 8.03. The van der Waals surface area contributed by atoms with E-state index in [1.807, 2.05) is 17.5 Å².